The zero-order chi connectivity index (χ0) is 27.8. The lowest BCUT2D eigenvalue weighted by Crippen LogP contribution is -2.38. The van der Waals surface area contributed by atoms with Crippen molar-refractivity contribution in [3.05, 3.63) is 131 Å². The van der Waals surface area contributed by atoms with Crippen molar-refractivity contribution in [1.82, 2.24) is 19.2 Å². The number of nitrogens with one attached hydrogen (secondary N) is 1. The van der Waals surface area contributed by atoms with E-state index >= 15 is 0 Å². The summed E-state index contributed by atoms with van der Waals surface area (Å²) in [7, 11) is 0. The first kappa shape index (κ1) is 25.7. The summed E-state index contributed by atoms with van der Waals surface area (Å²) < 4.78 is 4.21. The average Bonchev–Trinajstić information content (AvgIpc) is 3.54. The minimum Gasteiger partial charge on any atom is -0.308 e. The number of urea groups is 1. The normalized spacial score (nSPS) is 14.5. The average molecular weight is 530 g/mol. The fraction of sp³-hybridized carbons (Fsp3) is 0.235. The van der Waals surface area contributed by atoms with E-state index in [0.29, 0.717) is 12.5 Å². The Kier molecular flexibility index (Phi) is 6.76. The fourth-order valence-electron chi connectivity index (χ4n) is 5.70. The van der Waals surface area contributed by atoms with Gasteiger partial charge in [0.05, 0.1) is 29.7 Å². The first-order chi connectivity index (χ1) is 19.5. The monoisotopic (exact) mass is 529 g/mol. The maximum Gasteiger partial charge on any atom is 0.322 e. The van der Waals surface area contributed by atoms with Gasteiger partial charge in [0, 0.05) is 17.4 Å². The van der Waals surface area contributed by atoms with Gasteiger partial charge in [-0.3, -0.25) is 0 Å². The predicted molar refractivity (Wildman–Crippen MR) is 160 cm³/mol. The molecule has 2 aromatic heterocycles. The summed E-state index contributed by atoms with van der Waals surface area (Å²) >= 11 is 0. The number of para-hydroxylation sites is 2. The molecule has 0 radical (unpaired) electrons. The lowest BCUT2D eigenvalue weighted by Gasteiger charge is -2.31. The number of carbonyl (C=O) groups excluding carboxylic acids is 1. The summed E-state index contributed by atoms with van der Waals surface area (Å²) in [5.41, 5.74) is 8.25. The van der Waals surface area contributed by atoms with Crippen molar-refractivity contribution in [3.8, 4) is 11.5 Å². The van der Waals surface area contributed by atoms with E-state index in [4.69, 9.17) is 5.10 Å². The van der Waals surface area contributed by atoms with Gasteiger partial charge in [-0.2, -0.15) is 5.10 Å². The molecule has 0 bridgehead atoms. The minimum absolute atomic E-state index is 0.133. The molecule has 0 fully saturated rings. The number of carbonyl (C=O) groups is 1. The van der Waals surface area contributed by atoms with Crippen molar-refractivity contribution >= 4 is 11.7 Å². The Morgan fingerprint density at radius 1 is 0.950 bits per heavy atom. The zero-order valence-corrected chi connectivity index (χ0v) is 23.5. The number of fused-ring (bicyclic) bond motifs is 3. The van der Waals surface area contributed by atoms with Gasteiger partial charge in [-0.25, -0.2) is 9.48 Å². The zero-order valence-electron chi connectivity index (χ0n) is 23.5. The number of hydrogen-bond donors (Lipinski definition) is 1. The summed E-state index contributed by atoms with van der Waals surface area (Å²) in [6.45, 7) is 8.96. The Balaban J connectivity index is 1.52. The second-order valence-electron chi connectivity index (χ2n) is 10.7. The highest BCUT2D eigenvalue weighted by atomic mass is 16.2. The number of nitrogens with zero attached hydrogens (tertiary/aromatic N) is 4. The Hall–Kier alpha value is -4.58. The Bertz CT molecular complexity index is 1650. The SMILES string of the molecule is CCc1ccccc1NC(=O)N1Cc2c(C)nn(-c3ccccc3)c2-n2cccc2[C@H]1c1ccc(C(C)C)cc1. The fourth-order valence-corrected chi connectivity index (χ4v) is 5.70. The van der Waals surface area contributed by atoms with E-state index in [0.717, 1.165) is 51.7 Å². The highest BCUT2D eigenvalue weighted by Crippen LogP contribution is 2.39. The van der Waals surface area contributed by atoms with Crippen LogP contribution in [-0.4, -0.2) is 25.3 Å². The van der Waals surface area contributed by atoms with Crippen molar-refractivity contribution in [2.45, 2.75) is 52.6 Å². The molecule has 1 aliphatic rings. The number of rotatable bonds is 5. The molecule has 0 unspecified atom stereocenters. The number of benzene rings is 3. The van der Waals surface area contributed by atoms with Gasteiger partial charge in [-0.15, -0.1) is 0 Å². The highest BCUT2D eigenvalue weighted by molar-refractivity contribution is 5.91. The molecule has 0 aliphatic carbocycles. The van der Waals surface area contributed by atoms with Gasteiger partial charge in [0.2, 0.25) is 0 Å². The number of aryl methyl sites for hydroxylation is 2. The Morgan fingerprint density at radius 3 is 2.40 bits per heavy atom. The molecular weight excluding hydrogens is 494 g/mol. The maximum absolute atomic E-state index is 14.3. The Labute approximate surface area is 235 Å². The summed E-state index contributed by atoms with van der Waals surface area (Å²) in [5.74, 6) is 1.40. The van der Waals surface area contributed by atoms with E-state index in [1.165, 1.54) is 5.56 Å². The molecular formula is C34H35N5O. The van der Waals surface area contributed by atoms with Crippen LogP contribution in [0.1, 0.15) is 66.4 Å². The van der Waals surface area contributed by atoms with E-state index in [1.54, 1.807) is 0 Å². The molecule has 1 N–H and O–H groups in total. The van der Waals surface area contributed by atoms with Crippen molar-refractivity contribution in [2.24, 2.45) is 0 Å². The van der Waals surface area contributed by atoms with E-state index in [2.05, 4.69) is 91.4 Å². The molecule has 5 aromatic rings. The van der Waals surface area contributed by atoms with Crippen LogP contribution < -0.4 is 5.32 Å². The highest BCUT2D eigenvalue weighted by Gasteiger charge is 2.36. The van der Waals surface area contributed by atoms with E-state index in [9.17, 15) is 4.79 Å². The molecule has 3 aromatic carbocycles. The molecule has 40 heavy (non-hydrogen) atoms. The number of hydrogen-bond acceptors (Lipinski definition) is 2. The predicted octanol–water partition coefficient (Wildman–Crippen LogP) is 7.79. The van der Waals surface area contributed by atoms with Crippen LogP contribution in [0, 0.1) is 6.92 Å². The van der Waals surface area contributed by atoms with Gasteiger partial charge in [0.25, 0.3) is 0 Å². The number of anilines is 1. The van der Waals surface area contributed by atoms with Crippen LogP contribution in [-0.2, 0) is 13.0 Å². The van der Waals surface area contributed by atoms with Crippen LogP contribution >= 0.6 is 0 Å². The van der Waals surface area contributed by atoms with Crippen LogP contribution in [0.5, 0.6) is 0 Å². The summed E-state index contributed by atoms with van der Waals surface area (Å²) in [5, 5.41) is 8.20. The maximum atomic E-state index is 14.3. The van der Waals surface area contributed by atoms with Crippen LogP contribution in [0.3, 0.4) is 0 Å². The Morgan fingerprint density at radius 2 is 1.68 bits per heavy atom. The molecule has 6 heteroatoms. The quantitative estimate of drug-likeness (QED) is 0.253. The topological polar surface area (TPSA) is 55.1 Å². The standard InChI is InChI=1S/C34H35N5O/c1-5-25-12-9-10-15-30(25)35-34(40)38-22-29-24(4)36-39(28-13-7-6-8-14-28)33(29)37-21-11-16-31(37)32(38)27-19-17-26(18-20-27)23(2)3/h6-21,23,32H,5,22H2,1-4H3,(H,35,40)/t32-/m1/s1. The third-order valence-electron chi connectivity index (χ3n) is 7.91. The van der Waals surface area contributed by atoms with Crippen LogP contribution in [0.25, 0.3) is 11.5 Å². The lowest BCUT2D eigenvalue weighted by atomic mass is 9.97. The van der Waals surface area contributed by atoms with Crippen LogP contribution in [0.2, 0.25) is 0 Å². The second kappa shape index (κ2) is 10.5. The van der Waals surface area contributed by atoms with Crippen molar-refractivity contribution in [3.63, 3.8) is 0 Å². The molecule has 0 saturated heterocycles. The third kappa shape index (κ3) is 4.49. The smallest absolute Gasteiger partial charge is 0.308 e. The molecule has 202 valence electrons. The molecule has 3 heterocycles. The number of aromatic nitrogens is 3. The number of amides is 2. The van der Waals surface area contributed by atoms with Gasteiger partial charge < -0.3 is 14.8 Å². The van der Waals surface area contributed by atoms with E-state index in [-0.39, 0.29) is 12.1 Å². The van der Waals surface area contributed by atoms with Crippen molar-refractivity contribution in [1.29, 1.82) is 0 Å². The molecule has 0 saturated carbocycles. The minimum atomic E-state index is -0.291. The molecule has 1 aliphatic heterocycles. The van der Waals surface area contributed by atoms with Crippen LogP contribution in [0.4, 0.5) is 10.5 Å². The summed E-state index contributed by atoms with van der Waals surface area (Å²) in [4.78, 5) is 16.2. The summed E-state index contributed by atoms with van der Waals surface area (Å²) in [6, 6.07) is 30.7. The third-order valence-corrected chi connectivity index (χ3v) is 7.91. The van der Waals surface area contributed by atoms with Crippen LogP contribution in [0.15, 0.2) is 97.2 Å². The van der Waals surface area contributed by atoms with Gasteiger partial charge in [0.1, 0.15) is 5.82 Å². The largest absolute Gasteiger partial charge is 0.322 e. The first-order valence-corrected chi connectivity index (χ1v) is 14.0. The van der Waals surface area contributed by atoms with E-state index < -0.39 is 0 Å². The van der Waals surface area contributed by atoms with Crippen molar-refractivity contribution in [2.75, 3.05) is 5.32 Å². The summed E-state index contributed by atoms with van der Waals surface area (Å²) in [6.07, 6.45) is 2.92. The molecule has 0 spiro atoms. The van der Waals surface area contributed by atoms with Crippen molar-refractivity contribution < 1.29 is 4.79 Å². The molecule has 1 atom stereocenters. The van der Waals surface area contributed by atoms with Gasteiger partial charge in [-0.1, -0.05) is 81.4 Å². The van der Waals surface area contributed by atoms with E-state index in [1.807, 2.05) is 52.9 Å². The molecule has 2 amide bonds. The second-order valence-corrected chi connectivity index (χ2v) is 10.7. The van der Waals surface area contributed by atoms with Gasteiger partial charge in [-0.05, 0) is 66.3 Å². The van der Waals surface area contributed by atoms with Gasteiger partial charge >= 0.3 is 6.03 Å². The first-order valence-electron chi connectivity index (χ1n) is 14.0. The molecule has 6 rings (SSSR count). The molecule has 6 nitrogen and oxygen atoms in total. The lowest BCUT2D eigenvalue weighted by molar-refractivity contribution is 0.194. The van der Waals surface area contributed by atoms with Gasteiger partial charge in [0.15, 0.2) is 0 Å².